The number of halogens is 1. The van der Waals surface area contributed by atoms with Gasteiger partial charge >= 0.3 is 6.09 Å². The van der Waals surface area contributed by atoms with Gasteiger partial charge in [-0.25, -0.2) is 14.1 Å². The Labute approximate surface area is 199 Å². The highest BCUT2D eigenvalue weighted by atomic mass is 19.1. The van der Waals surface area contributed by atoms with Crippen molar-refractivity contribution in [2.45, 2.75) is 73.3 Å². The Balaban J connectivity index is 0. The van der Waals surface area contributed by atoms with Gasteiger partial charge in [-0.2, -0.15) is 0 Å². The molecule has 1 fully saturated rings. The second-order valence-electron chi connectivity index (χ2n) is 6.48. The number of rotatable bonds is 5. The SMILES string of the molecule is CC.CC.CCC.O=C(CCCC(O)c1ccc(F)cc1)N1CCOC1=O.c1ccccc1. The van der Waals surface area contributed by atoms with Crippen molar-refractivity contribution in [1.82, 2.24) is 4.90 Å². The summed E-state index contributed by atoms with van der Waals surface area (Å²) >= 11 is 0. The molecule has 6 heteroatoms. The molecule has 2 amide bonds. The van der Waals surface area contributed by atoms with Crippen molar-refractivity contribution in [3.63, 3.8) is 0 Å². The first kappa shape index (κ1) is 32.4. The summed E-state index contributed by atoms with van der Waals surface area (Å²) < 4.78 is 17.4. The van der Waals surface area contributed by atoms with Crippen LogP contribution >= 0.6 is 0 Å². The van der Waals surface area contributed by atoms with E-state index in [1.54, 1.807) is 0 Å². The van der Waals surface area contributed by atoms with Crippen molar-refractivity contribution in [3.8, 4) is 0 Å². The molecule has 0 aliphatic carbocycles. The molecule has 1 unspecified atom stereocenters. The van der Waals surface area contributed by atoms with E-state index in [4.69, 9.17) is 0 Å². The Morgan fingerprint density at radius 3 is 1.85 bits per heavy atom. The summed E-state index contributed by atoms with van der Waals surface area (Å²) in [4.78, 5) is 24.0. The molecule has 1 heterocycles. The molecule has 1 saturated heterocycles. The third-order valence-electron chi connectivity index (χ3n) is 3.85. The third-order valence-corrected chi connectivity index (χ3v) is 3.85. The van der Waals surface area contributed by atoms with E-state index in [-0.39, 0.29) is 31.3 Å². The average molecular weight is 464 g/mol. The molecule has 2 aromatic carbocycles. The lowest BCUT2D eigenvalue weighted by atomic mass is 10.0. The van der Waals surface area contributed by atoms with E-state index in [2.05, 4.69) is 18.6 Å². The maximum absolute atomic E-state index is 12.7. The fourth-order valence-corrected chi connectivity index (χ4v) is 2.44. The molecule has 1 atom stereocenters. The van der Waals surface area contributed by atoms with E-state index in [0.717, 1.165) is 4.90 Å². The number of cyclic esters (lactones) is 1. The fourth-order valence-electron chi connectivity index (χ4n) is 2.44. The maximum Gasteiger partial charge on any atom is 0.416 e. The van der Waals surface area contributed by atoms with E-state index < -0.39 is 12.2 Å². The predicted molar refractivity (Wildman–Crippen MR) is 133 cm³/mol. The standard InChI is InChI=1S/C14H16FNO4.C6H6.C3H8.2C2H6/c15-11-6-4-10(5-7-11)12(17)2-1-3-13(18)16-8-9-20-14(16)19;1-2-4-6-5-3-1;1-3-2;2*1-2/h4-7,12,17H,1-3,8-9H2;1-6H;3H2,1-2H3;2*1-2H3. The molecule has 3 rings (SSSR count). The number of benzene rings is 2. The molecule has 0 aromatic heterocycles. The highest BCUT2D eigenvalue weighted by molar-refractivity contribution is 5.92. The first-order valence-electron chi connectivity index (χ1n) is 11.9. The van der Waals surface area contributed by atoms with Gasteiger partial charge in [-0.05, 0) is 30.5 Å². The van der Waals surface area contributed by atoms with Gasteiger partial charge in [-0.3, -0.25) is 4.79 Å². The zero-order valence-corrected chi connectivity index (χ0v) is 21.1. The highest BCUT2D eigenvalue weighted by Gasteiger charge is 2.27. The molecule has 0 spiro atoms. The van der Waals surface area contributed by atoms with Crippen molar-refractivity contribution >= 4 is 12.0 Å². The van der Waals surface area contributed by atoms with Gasteiger partial charge < -0.3 is 9.84 Å². The second-order valence-corrected chi connectivity index (χ2v) is 6.48. The average Bonchev–Trinajstić information content (AvgIpc) is 3.30. The van der Waals surface area contributed by atoms with E-state index in [0.29, 0.717) is 18.4 Å². The van der Waals surface area contributed by atoms with Crippen LogP contribution in [0.2, 0.25) is 0 Å². The summed E-state index contributed by atoms with van der Waals surface area (Å²) in [5.41, 5.74) is 0.611. The summed E-state index contributed by atoms with van der Waals surface area (Å²) in [5.74, 6) is -0.650. The zero-order chi connectivity index (χ0) is 25.5. The first-order valence-corrected chi connectivity index (χ1v) is 11.9. The Morgan fingerprint density at radius 1 is 1.00 bits per heavy atom. The van der Waals surface area contributed by atoms with Crippen LogP contribution in [0.3, 0.4) is 0 Å². The van der Waals surface area contributed by atoms with Gasteiger partial charge in [0, 0.05) is 6.42 Å². The highest BCUT2D eigenvalue weighted by Crippen LogP contribution is 2.20. The number of hydrogen-bond donors (Lipinski definition) is 1. The molecule has 1 N–H and O–H groups in total. The smallest absolute Gasteiger partial charge is 0.416 e. The lowest BCUT2D eigenvalue weighted by Crippen LogP contribution is -2.31. The molecule has 5 nitrogen and oxygen atoms in total. The molecular formula is C27H42FNO4. The van der Waals surface area contributed by atoms with E-state index in [1.165, 1.54) is 30.7 Å². The van der Waals surface area contributed by atoms with Crippen LogP contribution < -0.4 is 0 Å². The number of amides is 2. The van der Waals surface area contributed by atoms with Crippen molar-refractivity contribution in [3.05, 3.63) is 72.0 Å². The monoisotopic (exact) mass is 463 g/mol. The van der Waals surface area contributed by atoms with Crippen LogP contribution in [0.1, 0.15) is 78.9 Å². The number of aliphatic hydroxyl groups excluding tert-OH is 1. The van der Waals surface area contributed by atoms with Crippen LogP contribution in [0, 0.1) is 5.82 Å². The number of carbonyl (C=O) groups excluding carboxylic acids is 2. The van der Waals surface area contributed by atoms with Gasteiger partial charge in [0.05, 0.1) is 12.6 Å². The molecule has 0 saturated carbocycles. The second kappa shape index (κ2) is 22.5. The number of ether oxygens (including phenoxy) is 1. The van der Waals surface area contributed by atoms with Crippen LogP contribution in [0.4, 0.5) is 9.18 Å². The van der Waals surface area contributed by atoms with Gasteiger partial charge in [-0.15, -0.1) is 0 Å². The van der Waals surface area contributed by atoms with Crippen LogP contribution in [0.5, 0.6) is 0 Å². The van der Waals surface area contributed by atoms with E-state index >= 15 is 0 Å². The lowest BCUT2D eigenvalue weighted by molar-refractivity contribution is -0.127. The van der Waals surface area contributed by atoms with Crippen molar-refractivity contribution in [1.29, 1.82) is 0 Å². The van der Waals surface area contributed by atoms with E-state index in [9.17, 15) is 19.1 Å². The van der Waals surface area contributed by atoms with Gasteiger partial charge in [0.1, 0.15) is 12.4 Å². The van der Waals surface area contributed by atoms with E-state index in [1.807, 2.05) is 64.1 Å². The van der Waals surface area contributed by atoms with Crippen molar-refractivity contribution < 1.29 is 23.8 Å². The van der Waals surface area contributed by atoms with Crippen LogP contribution in [0.15, 0.2) is 60.7 Å². The molecule has 1 aliphatic heterocycles. The topological polar surface area (TPSA) is 66.8 Å². The van der Waals surface area contributed by atoms with Gasteiger partial charge in [0.2, 0.25) is 5.91 Å². The third kappa shape index (κ3) is 15.7. The van der Waals surface area contributed by atoms with Crippen LogP contribution in [0.25, 0.3) is 0 Å². The minimum atomic E-state index is -0.742. The quantitative estimate of drug-likeness (QED) is 0.511. The number of aliphatic hydroxyl groups is 1. The molecule has 1 aliphatic rings. The molecular weight excluding hydrogens is 421 g/mol. The van der Waals surface area contributed by atoms with Gasteiger partial charge in [0.15, 0.2) is 0 Å². The van der Waals surface area contributed by atoms with Gasteiger partial charge in [0.25, 0.3) is 0 Å². The Hall–Kier alpha value is -2.73. The normalized spacial score (nSPS) is 12.1. The molecule has 0 radical (unpaired) electrons. The van der Waals surface area contributed by atoms with Crippen molar-refractivity contribution in [2.75, 3.05) is 13.2 Å². The molecule has 2 aromatic rings. The first-order chi connectivity index (χ1) is 16.0. The number of imide groups is 1. The lowest BCUT2D eigenvalue weighted by Gasteiger charge is -2.13. The number of carbonyl (C=O) groups is 2. The minimum absolute atomic E-state index is 0.174. The van der Waals surface area contributed by atoms with Crippen molar-refractivity contribution in [2.24, 2.45) is 0 Å². The summed E-state index contributed by atoms with van der Waals surface area (Å²) in [5, 5.41) is 9.90. The molecule has 33 heavy (non-hydrogen) atoms. The van der Waals surface area contributed by atoms with Crippen LogP contribution in [-0.2, 0) is 9.53 Å². The predicted octanol–water partition coefficient (Wildman–Crippen LogP) is 7.16. The summed E-state index contributed by atoms with van der Waals surface area (Å²) in [6.07, 6.45) is 0.900. The molecule has 186 valence electrons. The summed E-state index contributed by atoms with van der Waals surface area (Å²) in [6, 6.07) is 17.6. The van der Waals surface area contributed by atoms with Gasteiger partial charge in [-0.1, -0.05) is 96.5 Å². The summed E-state index contributed by atoms with van der Waals surface area (Å²) in [6.45, 7) is 12.8. The zero-order valence-electron chi connectivity index (χ0n) is 21.1. The van der Waals surface area contributed by atoms with Crippen LogP contribution in [-0.4, -0.2) is 35.2 Å². The fraction of sp³-hybridized carbons (Fsp3) is 0.481. The number of hydrogen-bond acceptors (Lipinski definition) is 4. The maximum atomic E-state index is 12.7. The Kier molecular flexibility index (Phi) is 22.1. The Morgan fingerprint density at radius 2 is 1.45 bits per heavy atom. The summed E-state index contributed by atoms with van der Waals surface area (Å²) in [7, 11) is 0. The number of nitrogens with zero attached hydrogens (tertiary/aromatic N) is 1. The largest absolute Gasteiger partial charge is 0.447 e. The Bertz CT molecular complexity index is 681. The minimum Gasteiger partial charge on any atom is -0.447 e. The molecule has 0 bridgehead atoms.